The molecule has 0 aliphatic heterocycles. The van der Waals surface area contributed by atoms with Crippen LogP contribution in [0.2, 0.25) is 0 Å². The van der Waals surface area contributed by atoms with Crippen molar-refractivity contribution in [2.75, 3.05) is 6.61 Å². The van der Waals surface area contributed by atoms with E-state index in [1.807, 2.05) is 19.1 Å². The van der Waals surface area contributed by atoms with Gasteiger partial charge in [0.05, 0.1) is 6.61 Å². The van der Waals surface area contributed by atoms with E-state index >= 15 is 0 Å². The SMILES string of the molecule is CCCOc1ccc2c(Br)cc(=O)oc2c1. The zero-order chi connectivity index (χ0) is 11.5. The third-order valence-electron chi connectivity index (χ3n) is 2.14. The summed E-state index contributed by atoms with van der Waals surface area (Å²) in [5.41, 5.74) is 0.167. The van der Waals surface area contributed by atoms with E-state index in [-0.39, 0.29) is 5.63 Å². The topological polar surface area (TPSA) is 39.4 Å². The van der Waals surface area contributed by atoms with Crippen molar-refractivity contribution in [3.63, 3.8) is 0 Å². The van der Waals surface area contributed by atoms with Gasteiger partial charge in [-0.25, -0.2) is 4.79 Å². The Balaban J connectivity index is 2.49. The molecule has 0 aliphatic carbocycles. The standard InChI is InChI=1S/C12H11BrO3/c1-2-5-15-8-3-4-9-10(13)7-12(14)16-11(9)6-8/h3-4,6-7H,2,5H2,1H3. The van der Waals surface area contributed by atoms with Gasteiger partial charge in [0.1, 0.15) is 11.3 Å². The van der Waals surface area contributed by atoms with Crippen molar-refractivity contribution >= 4 is 26.9 Å². The third-order valence-corrected chi connectivity index (χ3v) is 2.79. The number of rotatable bonds is 3. The summed E-state index contributed by atoms with van der Waals surface area (Å²) in [6.45, 7) is 2.70. The fourth-order valence-electron chi connectivity index (χ4n) is 1.41. The Labute approximate surface area is 101 Å². The molecule has 0 N–H and O–H groups in total. The largest absolute Gasteiger partial charge is 0.493 e. The van der Waals surface area contributed by atoms with Crippen molar-refractivity contribution in [1.29, 1.82) is 0 Å². The average Bonchev–Trinajstić information content (AvgIpc) is 2.25. The molecule has 84 valence electrons. The molecule has 0 radical (unpaired) electrons. The number of hydrogen-bond acceptors (Lipinski definition) is 3. The van der Waals surface area contributed by atoms with Crippen molar-refractivity contribution in [2.45, 2.75) is 13.3 Å². The van der Waals surface area contributed by atoms with Crippen LogP contribution in [0, 0.1) is 0 Å². The molecule has 0 fully saturated rings. The average molecular weight is 283 g/mol. The Morgan fingerprint density at radius 3 is 2.94 bits per heavy atom. The number of hydrogen-bond donors (Lipinski definition) is 0. The van der Waals surface area contributed by atoms with Crippen molar-refractivity contribution in [2.24, 2.45) is 0 Å². The predicted octanol–water partition coefficient (Wildman–Crippen LogP) is 3.34. The molecule has 2 rings (SSSR count). The molecule has 0 unspecified atom stereocenters. The van der Waals surface area contributed by atoms with Gasteiger partial charge in [0.2, 0.25) is 0 Å². The highest BCUT2D eigenvalue weighted by molar-refractivity contribution is 9.10. The molecule has 2 aromatic rings. The highest BCUT2D eigenvalue weighted by atomic mass is 79.9. The van der Waals surface area contributed by atoms with Crippen LogP contribution in [0.5, 0.6) is 5.75 Å². The first-order valence-corrected chi connectivity index (χ1v) is 5.86. The van der Waals surface area contributed by atoms with Crippen molar-refractivity contribution < 1.29 is 9.15 Å². The van der Waals surface area contributed by atoms with Gasteiger partial charge in [0, 0.05) is 22.0 Å². The van der Waals surface area contributed by atoms with Crippen LogP contribution in [0.15, 0.2) is 37.9 Å². The summed E-state index contributed by atoms with van der Waals surface area (Å²) in [6.07, 6.45) is 0.945. The zero-order valence-electron chi connectivity index (χ0n) is 8.83. The van der Waals surface area contributed by atoms with Gasteiger partial charge < -0.3 is 9.15 Å². The minimum atomic E-state index is -0.369. The molecular formula is C12H11BrO3. The zero-order valence-corrected chi connectivity index (χ0v) is 10.4. The van der Waals surface area contributed by atoms with E-state index in [0.29, 0.717) is 12.2 Å². The van der Waals surface area contributed by atoms with Crippen LogP contribution in [-0.4, -0.2) is 6.61 Å². The summed E-state index contributed by atoms with van der Waals surface area (Å²) in [5.74, 6) is 0.718. The van der Waals surface area contributed by atoms with Gasteiger partial charge >= 0.3 is 5.63 Å². The lowest BCUT2D eigenvalue weighted by Gasteiger charge is -2.05. The highest BCUT2D eigenvalue weighted by Crippen LogP contribution is 2.25. The van der Waals surface area contributed by atoms with Crippen molar-refractivity contribution in [3.8, 4) is 5.75 Å². The third kappa shape index (κ3) is 2.27. The molecule has 0 amide bonds. The maximum absolute atomic E-state index is 11.2. The Kier molecular flexibility index (Phi) is 3.29. The van der Waals surface area contributed by atoms with E-state index in [4.69, 9.17) is 9.15 Å². The highest BCUT2D eigenvalue weighted by Gasteiger charge is 2.04. The number of halogens is 1. The van der Waals surface area contributed by atoms with Crippen LogP contribution >= 0.6 is 15.9 Å². The van der Waals surface area contributed by atoms with Gasteiger partial charge in [0.25, 0.3) is 0 Å². The normalized spacial score (nSPS) is 10.6. The van der Waals surface area contributed by atoms with Gasteiger partial charge in [-0.2, -0.15) is 0 Å². The predicted molar refractivity (Wildman–Crippen MR) is 66.0 cm³/mol. The Bertz CT molecular complexity index is 560. The van der Waals surface area contributed by atoms with Crippen LogP contribution in [-0.2, 0) is 0 Å². The summed E-state index contributed by atoms with van der Waals surface area (Å²) in [7, 11) is 0. The molecule has 0 atom stereocenters. The molecule has 16 heavy (non-hydrogen) atoms. The van der Waals surface area contributed by atoms with E-state index in [9.17, 15) is 4.79 Å². The van der Waals surface area contributed by atoms with E-state index in [2.05, 4.69) is 15.9 Å². The smallest absolute Gasteiger partial charge is 0.337 e. The summed E-state index contributed by atoms with van der Waals surface area (Å²) >= 11 is 3.32. The molecule has 1 aromatic heterocycles. The lowest BCUT2D eigenvalue weighted by atomic mass is 10.2. The van der Waals surface area contributed by atoms with E-state index < -0.39 is 0 Å². The minimum Gasteiger partial charge on any atom is -0.493 e. The van der Waals surface area contributed by atoms with Crippen LogP contribution < -0.4 is 10.4 Å². The fraction of sp³-hybridized carbons (Fsp3) is 0.250. The van der Waals surface area contributed by atoms with Gasteiger partial charge in [-0.05, 0) is 34.5 Å². The molecule has 1 aromatic carbocycles. The molecule has 0 saturated heterocycles. The lowest BCUT2D eigenvalue weighted by Crippen LogP contribution is -1.98. The van der Waals surface area contributed by atoms with Gasteiger partial charge in [-0.15, -0.1) is 0 Å². The van der Waals surface area contributed by atoms with Gasteiger partial charge in [-0.3, -0.25) is 0 Å². The minimum absolute atomic E-state index is 0.369. The Hall–Kier alpha value is -1.29. The van der Waals surface area contributed by atoms with Crippen molar-refractivity contribution in [1.82, 2.24) is 0 Å². The Morgan fingerprint density at radius 2 is 2.19 bits per heavy atom. The molecule has 4 heteroatoms. The molecule has 3 nitrogen and oxygen atoms in total. The maximum atomic E-state index is 11.2. The number of fused-ring (bicyclic) bond motifs is 1. The van der Waals surface area contributed by atoms with Crippen LogP contribution in [0.3, 0.4) is 0 Å². The molecule has 0 bridgehead atoms. The second-order valence-electron chi connectivity index (χ2n) is 3.42. The summed E-state index contributed by atoms with van der Waals surface area (Å²) < 4.78 is 11.3. The molecule has 0 aliphatic rings. The van der Waals surface area contributed by atoms with Crippen LogP contribution in [0.1, 0.15) is 13.3 Å². The van der Waals surface area contributed by atoms with E-state index in [1.165, 1.54) is 6.07 Å². The summed E-state index contributed by atoms with van der Waals surface area (Å²) in [5, 5.41) is 0.864. The fourth-order valence-corrected chi connectivity index (χ4v) is 1.93. The molecule has 1 heterocycles. The number of benzene rings is 1. The quantitative estimate of drug-likeness (QED) is 0.811. The van der Waals surface area contributed by atoms with E-state index in [0.717, 1.165) is 22.0 Å². The molecule has 0 spiro atoms. The Morgan fingerprint density at radius 1 is 1.38 bits per heavy atom. The molecule has 0 saturated carbocycles. The number of ether oxygens (including phenoxy) is 1. The van der Waals surface area contributed by atoms with E-state index in [1.54, 1.807) is 6.07 Å². The van der Waals surface area contributed by atoms with Crippen LogP contribution in [0.4, 0.5) is 0 Å². The first-order chi connectivity index (χ1) is 7.70. The summed E-state index contributed by atoms with van der Waals surface area (Å²) in [6, 6.07) is 6.88. The first kappa shape index (κ1) is 11.2. The molecular weight excluding hydrogens is 272 g/mol. The monoisotopic (exact) mass is 282 g/mol. The summed E-state index contributed by atoms with van der Waals surface area (Å²) in [4.78, 5) is 11.2. The first-order valence-electron chi connectivity index (χ1n) is 5.07. The van der Waals surface area contributed by atoms with Gasteiger partial charge in [0.15, 0.2) is 0 Å². The lowest BCUT2D eigenvalue weighted by molar-refractivity contribution is 0.317. The second-order valence-corrected chi connectivity index (χ2v) is 4.27. The van der Waals surface area contributed by atoms with Crippen molar-refractivity contribution in [3.05, 3.63) is 39.2 Å². The van der Waals surface area contributed by atoms with Crippen LogP contribution in [0.25, 0.3) is 11.0 Å². The second kappa shape index (κ2) is 4.70. The maximum Gasteiger partial charge on any atom is 0.337 e. The van der Waals surface area contributed by atoms with Gasteiger partial charge in [-0.1, -0.05) is 6.92 Å².